The third-order valence-corrected chi connectivity index (χ3v) is 18.6. The van der Waals surface area contributed by atoms with E-state index in [2.05, 4.69) is 278 Å². The molecule has 1 aromatic heterocycles. The summed E-state index contributed by atoms with van der Waals surface area (Å²) in [5.41, 5.74) is 25.8. The van der Waals surface area contributed by atoms with Gasteiger partial charge in [0.1, 0.15) is 0 Å². The molecule has 4 nitrogen and oxygen atoms in total. The maximum absolute atomic E-state index is 4.58. The van der Waals surface area contributed by atoms with Crippen LogP contribution in [0.3, 0.4) is 0 Å². The number of benzene rings is 8. The summed E-state index contributed by atoms with van der Waals surface area (Å²) in [7, 11) is 0. The molecule has 0 bridgehead atoms. The molecule has 0 amide bonds. The molecular formula is C73H73BN4. The summed E-state index contributed by atoms with van der Waals surface area (Å²) in [6.45, 7) is 26.2. The topological polar surface area (TPSA) is 22.6 Å². The summed E-state index contributed by atoms with van der Waals surface area (Å²) < 4.78 is 0. The summed E-state index contributed by atoms with van der Waals surface area (Å²) in [6.07, 6.45) is 8.49. The van der Waals surface area contributed by atoms with E-state index in [1.54, 1.807) is 0 Å². The van der Waals surface area contributed by atoms with E-state index in [1.807, 2.05) is 12.4 Å². The van der Waals surface area contributed by atoms with Crippen LogP contribution in [0.15, 0.2) is 194 Å². The van der Waals surface area contributed by atoms with Crippen LogP contribution in [0.4, 0.5) is 45.5 Å². The predicted octanol–water partition coefficient (Wildman–Crippen LogP) is 17.8. The highest BCUT2D eigenvalue weighted by Crippen LogP contribution is 2.62. The minimum absolute atomic E-state index is 0.0387. The first-order valence-corrected chi connectivity index (χ1v) is 28.6. The third kappa shape index (κ3) is 7.81. The van der Waals surface area contributed by atoms with Crippen molar-refractivity contribution in [2.45, 2.75) is 129 Å². The highest BCUT2D eigenvalue weighted by Gasteiger charge is 2.58. The van der Waals surface area contributed by atoms with Gasteiger partial charge in [0, 0.05) is 63.1 Å². The molecule has 3 aliphatic heterocycles. The number of aromatic nitrogens is 1. The monoisotopic (exact) mass is 1020 g/mol. The van der Waals surface area contributed by atoms with Crippen LogP contribution < -0.4 is 31.1 Å². The number of para-hydroxylation sites is 1. The Hall–Kier alpha value is -7.63. The van der Waals surface area contributed by atoms with E-state index >= 15 is 0 Å². The number of hydrogen-bond donors (Lipinski definition) is 0. The van der Waals surface area contributed by atoms with Crippen molar-refractivity contribution in [3.8, 4) is 33.4 Å². The predicted molar refractivity (Wildman–Crippen MR) is 333 cm³/mol. The van der Waals surface area contributed by atoms with Crippen molar-refractivity contribution in [2.24, 2.45) is 0 Å². The largest absolute Gasteiger partial charge is 0.334 e. The second-order valence-electron chi connectivity index (χ2n) is 26.4. The first kappa shape index (κ1) is 49.9. The van der Waals surface area contributed by atoms with E-state index in [0.717, 1.165) is 18.4 Å². The van der Waals surface area contributed by atoms with Crippen LogP contribution in [0.2, 0.25) is 0 Å². The van der Waals surface area contributed by atoms with Crippen LogP contribution in [0.25, 0.3) is 33.4 Å². The van der Waals surface area contributed by atoms with Crippen molar-refractivity contribution in [3.63, 3.8) is 0 Å². The second-order valence-corrected chi connectivity index (χ2v) is 26.4. The maximum atomic E-state index is 4.58. The number of fused-ring (bicyclic) bond motifs is 7. The van der Waals surface area contributed by atoms with Crippen LogP contribution in [-0.2, 0) is 21.7 Å². The lowest BCUT2D eigenvalue weighted by Gasteiger charge is -2.51. The van der Waals surface area contributed by atoms with E-state index in [-0.39, 0.29) is 33.9 Å². The summed E-state index contributed by atoms with van der Waals surface area (Å²) in [5, 5.41) is 0. The Labute approximate surface area is 464 Å². The van der Waals surface area contributed by atoms with Crippen molar-refractivity contribution >= 4 is 68.6 Å². The highest BCUT2D eigenvalue weighted by atomic mass is 15.3. The zero-order valence-corrected chi connectivity index (χ0v) is 47.7. The minimum atomic E-state index is -0.219. The van der Waals surface area contributed by atoms with Crippen molar-refractivity contribution in [1.29, 1.82) is 0 Å². The first-order valence-electron chi connectivity index (χ1n) is 28.6. The van der Waals surface area contributed by atoms with Gasteiger partial charge in [-0.05, 0) is 164 Å². The second kappa shape index (κ2) is 18.0. The van der Waals surface area contributed by atoms with Crippen LogP contribution >= 0.6 is 0 Å². The standard InChI is InChI=1S/C73H73BN4/c1-69(2,3)52-32-36-61(56(42-52)48-23-14-12-15-24-48)76-64-29-19-18-28-59(64)74-60-34-31-54(71(7,8)9)44-65(60)77(62-37-33-53(70(4,5)6)43-57(62)49-25-16-13-17-26-49)67-46-55(45-66(76)68(67)74)78-63-35-30-50(51-27-22-40-75-47-51)41-58(63)72(10)38-20-21-39-73(72,78)11/h12-19,22-37,40-47H,20-21,38-39H2,1-11H3. The molecule has 0 spiro atoms. The fourth-order valence-corrected chi connectivity index (χ4v) is 14.0. The van der Waals surface area contributed by atoms with Gasteiger partial charge in [-0.25, -0.2) is 0 Å². The highest BCUT2D eigenvalue weighted by molar-refractivity contribution is 7.00. The van der Waals surface area contributed by atoms with Gasteiger partial charge in [0.25, 0.3) is 6.71 Å². The average Bonchev–Trinajstić information content (AvgIpc) is 2.86. The molecule has 13 rings (SSSR count). The molecule has 0 saturated heterocycles. The van der Waals surface area contributed by atoms with Crippen molar-refractivity contribution in [1.82, 2.24) is 4.98 Å². The molecule has 8 aromatic carbocycles. The first-order chi connectivity index (χ1) is 37.3. The average molecular weight is 1020 g/mol. The molecule has 0 N–H and O–H groups in total. The molecule has 4 heterocycles. The molecule has 2 atom stereocenters. The zero-order valence-electron chi connectivity index (χ0n) is 47.7. The summed E-state index contributed by atoms with van der Waals surface area (Å²) in [5.74, 6) is 0. The smallest absolute Gasteiger partial charge is 0.252 e. The van der Waals surface area contributed by atoms with Gasteiger partial charge in [-0.15, -0.1) is 0 Å². The van der Waals surface area contributed by atoms with Crippen LogP contribution in [0, 0.1) is 0 Å². The van der Waals surface area contributed by atoms with Gasteiger partial charge >= 0.3 is 0 Å². The number of hydrogen-bond acceptors (Lipinski definition) is 4. The molecule has 78 heavy (non-hydrogen) atoms. The summed E-state index contributed by atoms with van der Waals surface area (Å²) in [4.78, 5) is 12.7. The Bertz CT molecular complexity index is 3810. The molecule has 1 aliphatic carbocycles. The fourth-order valence-electron chi connectivity index (χ4n) is 14.0. The van der Waals surface area contributed by atoms with E-state index in [0.29, 0.717) is 0 Å². The SMILES string of the molecule is CC(C)(C)c1ccc(N2c3ccccc3B3c4ccc(C(C)(C)C)cc4N(c4ccc(C(C)(C)C)cc4-c4ccccc4)c4cc(N5c6ccc(-c7cccnc7)cc6C6(C)CCCCC56C)cc2c43)c(-c2ccccc2)c1. The number of rotatable bonds is 6. The fraction of sp³-hybridized carbons (Fsp3) is 0.274. The number of nitrogens with zero attached hydrogens (tertiary/aromatic N) is 4. The van der Waals surface area contributed by atoms with Crippen LogP contribution in [0.1, 0.15) is 124 Å². The van der Waals surface area contributed by atoms with Crippen LogP contribution in [0.5, 0.6) is 0 Å². The van der Waals surface area contributed by atoms with Crippen molar-refractivity contribution in [3.05, 3.63) is 217 Å². The lowest BCUT2D eigenvalue weighted by Crippen LogP contribution is -2.61. The quantitative estimate of drug-likeness (QED) is 0.155. The van der Waals surface area contributed by atoms with Crippen molar-refractivity contribution < 1.29 is 0 Å². The van der Waals surface area contributed by atoms with E-state index in [9.17, 15) is 0 Å². The Morgan fingerprint density at radius 3 is 1.53 bits per heavy atom. The van der Waals surface area contributed by atoms with E-state index in [1.165, 1.54) is 125 Å². The Morgan fingerprint density at radius 1 is 0.423 bits per heavy atom. The van der Waals surface area contributed by atoms with Gasteiger partial charge in [0.05, 0.1) is 16.9 Å². The molecule has 2 unspecified atom stereocenters. The van der Waals surface area contributed by atoms with Crippen molar-refractivity contribution in [2.75, 3.05) is 14.7 Å². The molecule has 4 aliphatic rings. The molecule has 0 radical (unpaired) electrons. The van der Waals surface area contributed by atoms with E-state index < -0.39 is 0 Å². The number of anilines is 8. The maximum Gasteiger partial charge on any atom is 0.252 e. The van der Waals surface area contributed by atoms with Gasteiger partial charge < -0.3 is 14.7 Å². The minimum Gasteiger partial charge on any atom is -0.334 e. The van der Waals surface area contributed by atoms with Gasteiger partial charge in [-0.1, -0.05) is 197 Å². The zero-order chi connectivity index (χ0) is 54.1. The molecule has 9 aromatic rings. The molecular weight excluding hydrogens is 944 g/mol. The van der Waals surface area contributed by atoms with E-state index in [4.69, 9.17) is 0 Å². The third-order valence-electron chi connectivity index (χ3n) is 18.6. The van der Waals surface area contributed by atoms with Gasteiger partial charge in [-0.2, -0.15) is 0 Å². The Balaban J connectivity index is 1.18. The Kier molecular flexibility index (Phi) is 11.5. The summed E-state index contributed by atoms with van der Waals surface area (Å²) in [6, 6.07) is 70.3. The van der Waals surface area contributed by atoms with Gasteiger partial charge in [-0.3, -0.25) is 4.98 Å². The van der Waals surface area contributed by atoms with Gasteiger partial charge in [0.15, 0.2) is 0 Å². The lowest BCUT2D eigenvalue weighted by atomic mass is 9.33. The molecule has 1 fully saturated rings. The molecule has 388 valence electrons. The molecule has 5 heteroatoms. The summed E-state index contributed by atoms with van der Waals surface area (Å²) >= 11 is 0. The van der Waals surface area contributed by atoms with Gasteiger partial charge in [0.2, 0.25) is 0 Å². The normalized spacial score (nSPS) is 18.5. The lowest BCUT2D eigenvalue weighted by molar-refractivity contribution is 0.195. The Morgan fingerprint density at radius 2 is 0.936 bits per heavy atom. The molecule has 1 saturated carbocycles. The number of pyridine rings is 1. The van der Waals surface area contributed by atoms with Crippen LogP contribution in [-0.4, -0.2) is 17.2 Å².